The van der Waals surface area contributed by atoms with Crippen LogP contribution in [0.1, 0.15) is 91.0 Å². The number of aryl methyl sites for hydroxylation is 1. The monoisotopic (exact) mass is 702 g/mol. The molecule has 1 aliphatic heterocycles. The summed E-state index contributed by atoms with van der Waals surface area (Å²) >= 11 is 0. The van der Waals surface area contributed by atoms with Crippen molar-refractivity contribution in [2.75, 3.05) is 13.1 Å². The first-order valence-electron chi connectivity index (χ1n) is 17.9. The Morgan fingerprint density at radius 1 is 0.827 bits per heavy atom. The maximum absolute atomic E-state index is 14.9. The van der Waals surface area contributed by atoms with Crippen LogP contribution in [0.3, 0.4) is 0 Å². The molecule has 3 atom stereocenters. The van der Waals surface area contributed by atoms with Crippen molar-refractivity contribution >= 4 is 23.7 Å². The van der Waals surface area contributed by atoms with E-state index in [-0.39, 0.29) is 29.0 Å². The van der Waals surface area contributed by atoms with Gasteiger partial charge in [-0.05, 0) is 80.8 Å². The molecule has 1 aromatic heterocycles. The Kier molecular flexibility index (Phi) is 10.5. The predicted octanol–water partition coefficient (Wildman–Crippen LogP) is 5.17. The molecule has 2 aliphatic rings. The second-order valence-corrected chi connectivity index (χ2v) is 14.7. The molecule has 4 aromatic rings. The van der Waals surface area contributed by atoms with Crippen LogP contribution in [0, 0.1) is 0 Å². The van der Waals surface area contributed by atoms with E-state index in [2.05, 4.69) is 10.6 Å². The SMILES string of the molecule is Cn1cccc(C(=O)NC2CCN(C(=O)[C@H]3CC[C@@](C(=O)N[C@@H](C(=O)OC(C)(C)C)c4ccccc4)(c4ccccc4)c4ccccc43)CC2)c1=O. The smallest absolute Gasteiger partial charge is 0.333 e. The number of fused-ring (bicyclic) bond motifs is 1. The van der Waals surface area contributed by atoms with Gasteiger partial charge in [0.15, 0.2) is 6.04 Å². The molecule has 0 radical (unpaired) electrons. The zero-order valence-electron chi connectivity index (χ0n) is 30.1. The third kappa shape index (κ3) is 7.42. The molecule has 0 unspecified atom stereocenters. The van der Waals surface area contributed by atoms with Crippen LogP contribution in [0.4, 0.5) is 0 Å². The standard InChI is InChI=1S/C42H46N4O6/c1-41(2,3)52-39(50)35(28-14-7-5-8-15-28)44-40(51)42(29-16-9-6-10-17-29)24-21-32(31-18-11-12-20-34(31)42)38(49)46-26-22-30(23-27-46)43-36(47)33-19-13-25-45(4)37(33)48/h5-20,25,30,32,35H,21-24,26-27H2,1-4H3,(H,43,47)(H,44,51)/t32-,35+,42+/m0/s1. The number of hydrogen-bond acceptors (Lipinski definition) is 6. The lowest BCUT2D eigenvalue weighted by Gasteiger charge is -2.43. The summed E-state index contributed by atoms with van der Waals surface area (Å²) in [5.74, 6) is -1.81. The van der Waals surface area contributed by atoms with E-state index >= 15 is 0 Å². The van der Waals surface area contributed by atoms with Gasteiger partial charge in [-0.2, -0.15) is 0 Å². The summed E-state index contributed by atoms with van der Waals surface area (Å²) in [6, 6.07) is 28.2. The number of carbonyl (C=O) groups is 4. The lowest BCUT2D eigenvalue weighted by atomic mass is 9.62. The second-order valence-electron chi connectivity index (χ2n) is 14.7. The zero-order chi connectivity index (χ0) is 37.0. The number of pyridine rings is 1. The predicted molar refractivity (Wildman–Crippen MR) is 198 cm³/mol. The van der Waals surface area contributed by atoms with Gasteiger partial charge >= 0.3 is 5.97 Å². The van der Waals surface area contributed by atoms with Crippen molar-refractivity contribution in [1.29, 1.82) is 0 Å². The number of ether oxygens (including phenoxy) is 1. The van der Waals surface area contributed by atoms with Crippen LogP contribution in [0.2, 0.25) is 0 Å². The lowest BCUT2D eigenvalue weighted by molar-refractivity contribution is -0.159. The van der Waals surface area contributed by atoms with E-state index in [1.54, 1.807) is 52.2 Å². The minimum Gasteiger partial charge on any atom is -0.458 e. The number of esters is 1. The van der Waals surface area contributed by atoms with Crippen molar-refractivity contribution in [2.45, 2.75) is 75.5 Å². The minimum atomic E-state index is -1.19. The van der Waals surface area contributed by atoms with E-state index in [0.717, 1.165) is 16.7 Å². The van der Waals surface area contributed by atoms with E-state index in [4.69, 9.17) is 4.74 Å². The molecule has 270 valence electrons. The van der Waals surface area contributed by atoms with E-state index in [0.29, 0.717) is 44.3 Å². The number of likely N-dealkylation sites (tertiary alicyclic amines) is 1. The summed E-state index contributed by atoms with van der Waals surface area (Å²) in [7, 11) is 1.61. The summed E-state index contributed by atoms with van der Waals surface area (Å²) in [4.78, 5) is 70.0. The molecule has 2 N–H and O–H groups in total. The first-order chi connectivity index (χ1) is 24.9. The number of nitrogens with one attached hydrogen (secondary N) is 2. The molecule has 6 rings (SSSR count). The first kappa shape index (κ1) is 36.3. The van der Waals surface area contributed by atoms with Crippen LogP contribution < -0.4 is 16.2 Å². The third-order valence-corrected chi connectivity index (χ3v) is 10.1. The van der Waals surface area contributed by atoms with Gasteiger partial charge in [0.1, 0.15) is 11.2 Å². The summed E-state index contributed by atoms with van der Waals surface area (Å²) in [5, 5.41) is 6.07. The van der Waals surface area contributed by atoms with Gasteiger partial charge in [0, 0.05) is 32.4 Å². The number of amides is 3. The Morgan fingerprint density at radius 3 is 2.13 bits per heavy atom. The lowest BCUT2D eigenvalue weighted by Crippen LogP contribution is -2.52. The highest BCUT2D eigenvalue weighted by molar-refractivity contribution is 5.97. The third-order valence-electron chi connectivity index (χ3n) is 10.1. The molecule has 1 aliphatic carbocycles. The van der Waals surface area contributed by atoms with Crippen molar-refractivity contribution in [2.24, 2.45) is 7.05 Å². The van der Waals surface area contributed by atoms with Gasteiger partial charge in [0.05, 0.1) is 11.3 Å². The molecule has 3 aromatic carbocycles. The Bertz CT molecular complexity index is 2000. The van der Waals surface area contributed by atoms with Crippen LogP contribution >= 0.6 is 0 Å². The number of piperidine rings is 1. The highest BCUT2D eigenvalue weighted by Gasteiger charge is 2.50. The average Bonchev–Trinajstić information content (AvgIpc) is 3.14. The van der Waals surface area contributed by atoms with Gasteiger partial charge in [0.25, 0.3) is 11.5 Å². The zero-order valence-corrected chi connectivity index (χ0v) is 30.1. The van der Waals surface area contributed by atoms with Crippen LogP contribution in [0.15, 0.2) is 108 Å². The van der Waals surface area contributed by atoms with Crippen molar-refractivity contribution in [3.05, 3.63) is 141 Å². The summed E-state index contributed by atoms with van der Waals surface area (Å²) in [5.41, 5.74) is 0.668. The highest BCUT2D eigenvalue weighted by Crippen LogP contribution is 2.48. The quantitative estimate of drug-likeness (QED) is 0.244. The molecule has 52 heavy (non-hydrogen) atoms. The molecular formula is C42H46N4O6. The Labute approximate surface area is 304 Å². The Hall–Kier alpha value is -5.51. The molecule has 2 heterocycles. The molecule has 1 fully saturated rings. The minimum absolute atomic E-state index is 0.0212. The fourth-order valence-corrected chi connectivity index (χ4v) is 7.52. The fourth-order valence-electron chi connectivity index (χ4n) is 7.52. The van der Waals surface area contributed by atoms with E-state index in [1.807, 2.05) is 77.7 Å². The largest absolute Gasteiger partial charge is 0.458 e. The van der Waals surface area contributed by atoms with E-state index < -0.39 is 34.9 Å². The number of rotatable bonds is 8. The van der Waals surface area contributed by atoms with Gasteiger partial charge in [-0.3, -0.25) is 19.2 Å². The van der Waals surface area contributed by atoms with Crippen molar-refractivity contribution in [1.82, 2.24) is 20.1 Å². The Balaban J connectivity index is 1.26. The molecule has 0 saturated carbocycles. The summed E-state index contributed by atoms with van der Waals surface area (Å²) < 4.78 is 7.16. The number of benzene rings is 3. The molecule has 10 heteroatoms. The van der Waals surface area contributed by atoms with Crippen molar-refractivity contribution in [3.8, 4) is 0 Å². The average molecular weight is 703 g/mol. The van der Waals surface area contributed by atoms with Crippen LogP contribution in [-0.2, 0) is 31.6 Å². The molecule has 10 nitrogen and oxygen atoms in total. The topological polar surface area (TPSA) is 127 Å². The van der Waals surface area contributed by atoms with Crippen LogP contribution in [0.5, 0.6) is 0 Å². The van der Waals surface area contributed by atoms with Gasteiger partial charge in [-0.25, -0.2) is 4.79 Å². The molecule has 0 bridgehead atoms. The summed E-state index contributed by atoms with van der Waals surface area (Å²) in [6.07, 6.45) is 3.47. The molecule has 1 saturated heterocycles. The molecule has 3 amide bonds. The maximum Gasteiger partial charge on any atom is 0.333 e. The highest BCUT2D eigenvalue weighted by atomic mass is 16.6. The number of aromatic nitrogens is 1. The van der Waals surface area contributed by atoms with E-state index in [9.17, 15) is 24.0 Å². The maximum atomic E-state index is 14.9. The fraction of sp³-hybridized carbons (Fsp3) is 0.357. The van der Waals surface area contributed by atoms with Crippen molar-refractivity contribution < 1.29 is 23.9 Å². The molecule has 0 spiro atoms. The van der Waals surface area contributed by atoms with Gasteiger partial charge in [-0.1, -0.05) is 84.9 Å². The van der Waals surface area contributed by atoms with Crippen LogP contribution in [-0.4, -0.2) is 57.9 Å². The van der Waals surface area contributed by atoms with Crippen molar-refractivity contribution in [3.63, 3.8) is 0 Å². The first-order valence-corrected chi connectivity index (χ1v) is 17.9. The van der Waals surface area contributed by atoms with Crippen LogP contribution in [0.25, 0.3) is 0 Å². The van der Waals surface area contributed by atoms with E-state index in [1.165, 1.54) is 10.6 Å². The molecular weight excluding hydrogens is 656 g/mol. The summed E-state index contributed by atoms with van der Waals surface area (Å²) in [6.45, 7) is 6.28. The Morgan fingerprint density at radius 2 is 1.46 bits per heavy atom. The normalized spacial score (nSPS) is 19.5. The number of hydrogen-bond donors (Lipinski definition) is 2. The van der Waals surface area contributed by atoms with Gasteiger partial charge in [-0.15, -0.1) is 0 Å². The van der Waals surface area contributed by atoms with Gasteiger partial charge < -0.3 is 24.8 Å². The van der Waals surface area contributed by atoms with Gasteiger partial charge in [0.2, 0.25) is 11.8 Å². The number of carbonyl (C=O) groups excluding carboxylic acids is 4. The number of nitrogens with zero attached hydrogens (tertiary/aromatic N) is 2. The second kappa shape index (κ2) is 15.0.